The molecule has 0 spiro atoms. The molecule has 0 saturated heterocycles. The van der Waals surface area contributed by atoms with E-state index in [-0.39, 0.29) is 5.75 Å². The number of hydrogen-bond acceptors (Lipinski definition) is 3. The van der Waals surface area contributed by atoms with Gasteiger partial charge >= 0.3 is 0 Å². The van der Waals surface area contributed by atoms with Crippen LogP contribution in [0.15, 0.2) is 36.5 Å². The van der Waals surface area contributed by atoms with E-state index >= 15 is 0 Å². The van der Waals surface area contributed by atoms with Crippen molar-refractivity contribution < 1.29 is 13.5 Å². The Morgan fingerprint density at radius 3 is 2.80 bits per heavy atom. The predicted molar refractivity (Wildman–Crippen MR) is 70.5 cm³/mol. The van der Waals surface area contributed by atoms with E-state index in [2.05, 4.69) is 10.3 Å². The summed E-state index contributed by atoms with van der Waals surface area (Å²) in [6.07, 6.45) is 4.00. The zero-order valence-electron chi connectivity index (χ0n) is 10.8. The Kier molecular flexibility index (Phi) is 3.60. The number of ether oxygens (including phenoxy) is 1. The Morgan fingerprint density at radius 1 is 1.20 bits per heavy atom. The summed E-state index contributed by atoms with van der Waals surface area (Å²) in [6.45, 7) is 0.650. The van der Waals surface area contributed by atoms with E-state index in [9.17, 15) is 8.78 Å². The number of nitrogens with one attached hydrogen (secondary N) is 1. The summed E-state index contributed by atoms with van der Waals surface area (Å²) in [5.74, 6) is -1.19. The van der Waals surface area contributed by atoms with Crippen LogP contribution in [0, 0.1) is 11.6 Å². The van der Waals surface area contributed by atoms with E-state index in [4.69, 9.17) is 4.74 Å². The van der Waals surface area contributed by atoms with Crippen molar-refractivity contribution in [1.82, 2.24) is 10.3 Å². The molecule has 3 nitrogen and oxygen atoms in total. The first-order chi connectivity index (χ1) is 9.72. The van der Waals surface area contributed by atoms with Crippen molar-refractivity contribution in [2.75, 3.05) is 0 Å². The van der Waals surface area contributed by atoms with Crippen LogP contribution in [0.3, 0.4) is 0 Å². The maximum atomic E-state index is 13.2. The molecule has 5 heteroatoms. The van der Waals surface area contributed by atoms with E-state index in [0.717, 1.165) is 17.7 Å². The van der Waals surface area contributed by atoms with Crippen LogP contribution in [0.2, 0.25) is 0 Å². The van der Waals surface area contributed by atoms with Gasteiger partial charge in [-0.25, -0.2) is 13.8 Å². The standard InChI is InChI=1S/C15H14F2N2O/c16-13-6-5-12(8-14(13)17)20-15-10(2-1-7-18-15)9-19-11-3-4-11/h1-2,5-8,11,19H,3-4,9H2. The van der Waals surface area contributed by atoms with Crippen LogP contribution in [0.25, 0.3) is 0 Å². The number of hydrogen-bond donors (Lipinski definition) is 1. The minimum absolute atomic E-state index is 0.232. The van der Waals surface area contributed by atoms with Gasteiger partial charge in [-0.05, 0) is 31.0 Å². The third-order valence-electron chi connectivity index (χ3n) is 3.11. The zero-order chi connectivity index (χ0) is 13.9. The highest BCUT2D eigenvalue weighted by Crippen LogP contribution is 2.25. The van der Waals surface area contributed by atoms with Gasteiger partial charge in [-0.2, -0.15) is 0 Å². The second-order valence-corrected chi connectivity index (χ2v) is 4.80. The van der Waals surface area contributed by atoms with Crippen molar-refractivity contribution in [3.8, 4) is 11.6 Å². The van der Waals surface area contributed by atoms with Crippen LogP contribution in [0.5, 0.6) is 11.6 Å². The number of benzene rings is 1. The Bertz CT molecular complexity index is 615. The lowest BCUT2D eigenvalue weighted by molar-refractivity contribution is 0.440. The van der Waals surface area contributed by atoms with E-state index in [1.54, 1.807) is 6.20 Å². The molecule has 20 heavy (non-hydrogen) atoms. The first-order valence-corrected chi connectivity index (χ1v) is 6.52. The summed E-state index contributed by atoms with van der Waals surface area (Å²) in [5.41, 5.74) is 0.893. The fourth-order valence-electron chi connectivity index (χ4n) is 1.84. The number of pyridine rings is 1. The molecule has 1 N–H and O–H groups in total. The normalized spacial score (nSPS) is 14.3. The maximum absolute atomic E-state index is 13.2. The van der Waals surface area contributed by atoms with Crippen molar-refractivity contribution in [1.29, 1.82) is 0 Å². The number of halogens is 2. The molecule has 0 amide bonds. The van der Waals surface area contributed by atoms with Gasteiger partial charge in [0.05, 0.1) is 0 Å². The molecule has 1 heterocycles. The van der Waals surface area contributed by atoms with Gasteiger partial charge in [-0.3, -0.25) is 0 Å². The van der Waals surface area contributed by atoms with Crippen molar-refractivity contribution in [2.45, 2.75) is 25.4 Å². The van der Waals surface area contributed by atoms with Gasteiger partial charge in [0, 0.05) is 30.4 Å². The molecule has 1 fully saturated rings. The van der Waals surface area contributed by atoms with Gasteiger partial charge in [-0.15, -0.1) is 0 Å². The Labute approximate surface area is 115 Å². The summed E-state index contributed by atoms with van der Waals surface area (Å²) >= 11 is 0. The molecular weight excluding hydrogens is 262 g/mol. The summed E-state index contributed by atoms with van der Waals surface area (Å²) in [5, 5.41) is 3.37. The Morgan fingerprint density at radius 2 is 2.05 bits per heavy atom. The van der Waals surface area contributed by atoms with Crippen molar-refractivity contribution >= 4 is 0 Å². The topological polar surface area (TPSA) is 34.1 Å². The highest BCUT2D eigenvalue weighted by molar-refractivity contribution is 5.32. The van der Waals surface area contributed by atoms with Gasteiger partial charge < -0.3 is 10.1 Å². The second kappa shape index (κ2) is 5.54. The monoisotopic (exact) mass is 276 g/mol. The van der Waals surface area contributed by atoms with Crippen LogP contribution in [0.1, 0.15) is 18.4 Å². The highest BCUT2D eigenvalue weighted by Gasteiger charge is 2.20. The smallest absolute Gasteiger partial charge is 0.223 e. The van der Waals surface area contributed by atoms with Gasteiger partial charge in [0.2, 0.25) is 5.88 Å². The summed E-state index contributed by atoms with van der Waals surface area (Å²) in [6, 6.07) is 7.73. The largest absolute Gasteiger partial charge is 0.439 e. The lowest BCUT2D eigenvalue weighted by atomic mass is 10.2. The molecule has 0 bridgehead atoms. The van der Waals surface area contributed by atoms with Gasteiger partial charge in [-0.1, -0.05) is 6.07 Å². The molecule has 0 unspecified atom stereocenters. The first kappa shape index (κ1) is 13.0. The lowest BCUT2D eigenvalue weighted by Crippen LogP contribution is -2.16. The van der Waals surface area contributed by atoms with E-state index in [1.165, 1.54) is 18.9 Å². The molecule has 1 aromatic carbocycles. The van der Waals surface area contributed by atoms with Crippen LogP contribution >= 0.6 is 0 Å². The quantitative estimate of drug-likeness (QED) is 0.908. The third kappa shape index (κ3) is 3.11. The summed E-state index contributed by atoms with van der Waals surface area (Å²) in [7, 11) is 0. The number of aromatic nitrogens is 1. The summed E-state index contributed by atoms with van der Waals surface area (Å²) in [4.78, 5) is 4.15. The van der Waals surface area contributed by atoms with E-state index < -0.39 is 11.6 Å². The minimum atomic E-state index is -0.934. The predicted octanol–water partition coefficient (Wildman–Crippen LogP) is 3.40. The molecule has 2 aromatic rings. The van der Waals surface area contributed by atoms with Crippen LogP contribution in [0.4, 0.5) is 8.78 Å². The molecule has 3 rings (SSSR count). The summed E-state index contributed by atoms with van der Waals surface area (Å²) < 4.78 is 31.6. The van der Waals surface area contributed by atoms with Crippen LogP contribution in [-0.4, -0.2) is 11.0 Å². The molecule has 1 saturated carbocycles. The van der Waals surface area contributed by atoms with Crippen LogP contribution in [-0.2, 0) is 6.54 Å². The molecule has 0 aliphatic heterocycles. The second-order valence-electron chi connectivity index (χ2n) is 4.80. The van der Waals surface area contributed by atoms with Crippen LogP contribution < -0.4 is 10.1 Å². The average molecular weight is 276 g/mol. The Hall–Kier alpha value is -2.01. The molecular formula is C15H14F2N2O. The fraction of sp³-hybridized carbons (Fsp3) is 0.267. The van der Waals surface area contributed by atoms with Gasteiger partial charge in [0.25, 0.3) is 0 Å². The maximum Gasteiger partial charge on any atom is 0.223 e. The molecule has 104 valence electrons. The zero-order valence-corrected chi connectivity index (χ0v) is 10.8. The van der Waals surface area contributed by atoms with Crippen molar-refractivity contribution in [2.24, 2.45) is 0 Å². The average Bonchev–Trinajstić information content (AvgIpc) is 3.26. The molecule has 1 aliphatic rings. The SMILES string of the molecule is Fc1ccc(Oc2ncccc2CNC2CC2)cc1F. The first-order valence-electron chi connectivity index (χ1n) is 6.52. The molecule has 0 radical (unpaired) electrons. The number of nitrogens with zero attached hydrogens (tertiary/aromatic N) is 1. The molecule has 1 aliphatic carbocycles. The minimum Gasteiger partial charge on any atom is -0.439 e. The molecule has 1 aromatic heterocycles. The highest BCUT2D eigenvalue weighted by atomic mass is 19.2. The Balaban J connectivity index is 1.76. The lowest BCUT2D eigenvalue weighted by Gasteiger charge is -2.10. The van der Waals surface area contributed by atoms with Gasteiger partial charge in [0.1, 0.15) is 5.75 Å². The van der Waals surface area contributed by atoms with Gasteiger partial charge in [0.15, 0.2) is 11.6 Å². The molecule has 0 atom stereocenters. The third-order valence-corrected chi connectivity index (χ3v) is 3.11. The van der Waals surface area contributed by atoms with Crippen molar-refractivity contribution in [3.05, 3.63) is 53.7 Å². The fourth-order valence-corrected chi connectivity index (χ4v) is 1.84. The van der Waals surface area contributed by atoms with E-state index in [0.29, 0.717) is 18.5 Å². The van der Waals surface area contributed by atoms with Crippen molar-refractivity contribution in [3.63, 3.8) is 0 Å². The van der Waals surface area contributed by atoms with E-state index in [1.807, 2.05) is 12.1 Å². The number of rotatable bonds is 5.